The van der Waals surface area contributed by atoms with Crippen LogP contribution in [0.1, 0.15) is 17.3 Å². The Labute approximate surface area is 186 Å². The van der Waals surface area contributed by atoms with Crippen molar-refractivity contribution in [2.24, 2.45) is 0 Å². The molecule has 0 aromatic heterocycles. The molecule has 8 nitrogen and oxygen atoms in total. The van der Waals surface area contributed by atoms with Gasteiger partial charge in [-0.05, 0) is 47.7 Å². The van der Waals surface area contributed by atoms with Crippen molar-refractivity contribution in [2.75, 3.05) is 13.2 Å². The van der Waals surface area contributed by atoms with Crippen molar-refractivity contribution in [3.8, 4) is 5.75 Å². The van der Waals surface area contributed by atoms with Crippen molar-refractivity contribution in [3.63, 3.8) is 0 Å². The molecule has 0 fully saturated rings. The Bertz CT molecular complexity index is 961. The molecule has 1 unspecified atom stereocenters. The van der Waals surface area contributed by atoms with Crippen molar-refractivity contribution in [1.29, 1.82) is 0 Å². The van der Waals surface area contributed by atoms with Crippen molar-refractivity contribution < 1.29 is 58.7 Å². The maximum atomic E-state index is 13.4. The van der Waals surface area contributed by atoms with Gasteiger partial charge in [0.25, 0.3) is 6.10 Å². The molecule has 0 spiro atoms. The molecule has 0 N–H and O–H groups in total. The largest absolute Gasteiger partial charge is 0.743 e. The van der Waals surface area contributed by atoms with Crippen LogP contribution in [0.2, 0.25) is 0 Å². The van der Waals surface area contributed by atoms with Crippen molar-refractivity contribution >= 4 is 44.6 Å². The summed E-state index contributed by atoms with van der Waals surface area (Å²) in [6, 6.07) is 2.86. The maximum Gasteiger partial charge on any atom is 0.432 e. The molecule has 0 aliphatic heterocycles. The quantitative estimate of drug-likeness (QED) is 0.108. The summed E-state index contributed by atoms with van der Waals surface area (Å²) >= 11 is 1.60. The lowest BCUT2D eigenvalue weighted by Crippen LogP contribution is -2.52. The van der Waals surface area contributed by atoms with Gasteiger partial charge in [-0.2, -0.15) is 22.0 Å². The van der Waals surface area contributed by atoms with E-state index in [9.17, 15) is 44.5 Å². The SMILES string of the molecule is C=C(C)C(=O)OCCOc1ccc(C(=O)OC(C(F)(F)F)C(F)(F)S(=O)(=O)[O-])cc1I. The molecule has 0 bridgehead atoms. The number of ether oxygens (including phenoxy) is 3. The number of carbonyl (C=O) groups excluding carboxylic acids is 2. The first-order valence-corrected chi connectivity index (χ1v) is 10.3. The molecular weight excluding hydrogens is 574 g/mol. The van der Waals surface area contributed by atoms with Crippen LogP contribution in [0, 0.1) is 3.57 Å². The smallest absolute Gasteiger partial charge is 0.432 e. The van der Waals surface area contributed by atoms with Crippen LogP contribution in [0.3, 0.4) is 0 Å². The van der Waals surface area contributed by atoms with E-state index in [-0.39, 0.29) is 28.1 Å². The Kier molecular flexibility index (Phi) is 8.78. The van der Waals surface area contributed by atoms with Crippen LogP contribution in [-0.2, 0) is 24.4 Å². The third kappa shape index (κ3) is 7.27. The second-order valence-corrected chi connectivity index (χ2v) is 8.37. The number of carbonyl (C=O) groups is 2. The third-order valence-corrected chi connectivity index (χ3v) is 4.97. The number of esters is 2. The van der Waals surface area contributed by atoms with E-state index in [1.165, 1.54) is 6.92 Å². The highest BCUT2D eigenvalue weighted by molar-refractivity contribution is 14.1. The number of hydrogen-bond acceptors (Lipinski definition) is 8. The zero-order chi connectivity index (χ0) is 24.2. The third-order valence-electron chi connectivity index (χ3n) is 3.25. The fourth-order valence-corrected chi connectivity index (χ4v) is 2.90. The molecule has 174 valence electrons. The zero-order valence-corrected chi connectivity index (χ0v) is 18.3. The summed E-state index contributed by atoms with van der Waals surface area (Å²) in [5, 5.41) is -5.95. The van der Waals surface area contributed by atoms with E-state index in [4.69, 9.17) is 9.47 Å². The first kappa shape index (κ1) is 27.0. The first-order chi connectivity index (χ1) is 14.0. The van der Waals surface area contributed by atoms with E-state index in [1.807, 2.05) is 0 Å². The lowest BCUT2D eigenvalue weighted by Gasteiger charge is -2.29. The molecular formula is C16H13F5IO8S-. The van der Waals surface area contributed by atoms with Gasteiger partial charge in [0.05, 0.1) is 9.13 Å². The van der Waals surface area contributed by atoms with Crippen molar-refractivity contribution in [2.45, 2.75) is 24.5 Å². The molecule has 1 rings (SSSR count). The standard InChI is InChI=1S/C16H14F5IO8S/c1-8(2)12(23)29-6-5-28-11-4-3-9(7-10(11)22)13(24)30-14(15(17,18)19)16(20,21)31(25,26)27/h3-4,7,14H,1,5-6H2,2H3,(H,25,26,27)/p-1. The molecule has 0 saturated carbocycles. The average molecular weight is 587 g/mol. The molecule has 1 aromatic carbocycles. The molecule has 1 atom stereocenters. The van der Waals surface area contributed by atoms with Gasteiger partial charge in [0.2, 0.25) is 0 Å². The van der Waals surface area contributed by atoms with Gasteiger partial charge in [0.1, 0.15) is 19.0 Å². The molecule has 0 radical (unpaired) electrons. The van der Waals surface area contributed by atoms with Crippen LogP contribution >= 0.6 is 22.6 Å². The van der Waals surface area contributed by atoms with Crippen LogP contribution in [0.25, 0.3) is 0 Å². The Morgan fingerprint density at radius 2 is 1.77 bits per heavy atom. The van der Waals surface area contributed by atoms with Gasteiger partial charge in [-0.15, -0.1) is 0 Å². The first-order valence-electron chi connectivity index (χ1n) is 7.84. The Balaban J connectivity index is 2.93. The van der Waals surface area contributed by atoms with E-state index in [0.717, 1.165) is 18.2 Å². The summed E-state index contributed by atoms with van der Waals surface area (Å²) in [6.07, 6.45) is -10.6. The summed E-state index contributed by atoms with van der Waals surface area (Å²) < 4.78 is 111. The molecule has 31 heavy (non-hydrogen) atoms. The highest BCUT2D eigenvalue weighted by Crippen LogP contribution is 2.38. The minimum Gasteiger partial charge on any atom is -0.743 e. The van der Waals surface area contributed by atoms with E-state index in [1.54, 1.807) is 22.6 Å². The van der Waals surface area contributed by atoms with Gasteiger partial charge in [-0.25, -0.2) is 18.0 Å². The van der Waals surface area contributed by atoms with Crippen molar-refractivity contribution in [3.05, 3.63) is 39.5 Å². The Morgan fingerprint density at radius 3 is 2.23 bits per heavy atom. The van der Waals surface area contributed by atoms with Gasteiger partial charge in [-0.3, -0.25) is 0 Å². The van der Waals surface area contributed by atoms with Gasteiger partial charge in [-0.1, -0.05) is 6.58 Å². The Hall–Kier alpha value is -2.01. The number of rotatable bonds is 9. The predicted molar refractivity (Wildman–Crippen MR) is 100 cm³/mol. The lowest BCUT2D eigenvalue weighted by atomic mass is 10.2. The van der Waals surface area contributed by atoms with Gasteiger partial charge >= 0.3 is 23.4 Å². The van der Waals surface area contributed by atoms with Gasteiger partial charge in [0, 0.05) is 5.57 Å². The molecule has 1 aromatic rings. The molecule has 0 heterocycles. The highest BCUT2D eigenvalue weighted by atomic mass is 127. The van der Waals surface area contributed by atoms with Crippen LogP contribution in [0.15, 0.2) is 30.4 Å². The summed E-state index contributed by atoms with van der Waals surface area (Å²) in [7, 11) is -6.80. The number of hydrogen-bond donors (Lipinski definition) is 0. The number of benzene rings is 1. The summed E-state index contributed by atoms with van der Waals surface area (Å²) in [6.45, 7) is 4.49. The Morgan fingerprint density at radius 1 is 1.19 bits per heavy atom. The fraction of sp³-hybridized carbons (Fsp3) is 0.375. The van der Waals surface area contributed by atoms with Gasteiger partial charge in [0.15, 0.2) is 10.1 Å². The predicted octanol–water partition coefficient (Wildman–Crippen LogP) is 3.02. The molecule has 0 amide bonds. The number of alkyl halides is 5. The topological polar surface area (TPSA) is 119 Å². The van der Waals surface area contributed by atoms with Crippen LogP contribution in [-0.4, -0.2) is 55.7 Å². The summed E-state index contributed by atoms with van der Waals surface area (Å²) in [5.41, 5.74) is -0.497. The molecule has 0 aliphatic rings. The second-order valence-electron chi connectivity index (χ2n) is 5.75. The normalized spacial score (nSPS) is 13.3. The van der Waals surface area contributed by atoms with Gasteiger partial charge < -0.3 is 18.8 Å². The molecule has 15 heteroatoms. The number of halogens is 6. The van der Waals surface area contributed by atoms with Crippen LogP contribution < -0.4 is 4.74 Å². The second kappa shape index (κ2) is 10.1. The maximum absolute atomic E-state index is 13.4. The van der Waals surface area contributed by atoms with Crippen LogP contribution in [0.4, 0.5) is 22.0 Å². The van der Waals surface area contributed by atoms with E-state index in [2.05, 4.69) is 11.3 Å². The molecule has 0 saturated heterocycles. The minimum absolute atomic E-state index is 0.100. The average Bonchev–Trinajstić information content (AvgIpc) is 2.61. The van der Waals surface area contributed by atoms with E-state index >= 15 is 0 Å². The van der Waals surface area contributed by atoms with E-state index < -0.39 is 45.2 Å². The fourth-order valence-electron chi connectivity index (χ4n) is 1.79. The minimum atomic E-state index is -6.80. The molecule has 0 aliphatic carbocycles. The summed E-state index contributed by atoms with van der Waals surface area (Å²) in [4.78, 5) is 23.1. The monoisotopic (exact) mass is 587 g/mol. The zero-order valence-electron chi connectivity index (χ0n) is 15.4. The van der Waals surface area contributed by atoms with Crippen molar-refractivity contribution in [1.82, 2.24) is 0 Å². The highest BCUT2D eigenvalue weighted by Gasteiger charge is 2.63. The lowest BCUT2D eigenvalue weighted by molar-refractivity contribution is -0.248. The summed E-state index contributed by atoms with van der Waals surface area (Å²) in [5.74, 6) is -2.51. The van der Waals surface area contributed by atoms with Crippen LogP contribution in [0.5, 0.6) is 5.75 Å². The van der Waals surface area contributed by atoms with E-state index in [0.29, 0.717) is 0 Å².